The van der Waals surface area contributed by atoms with Gasteiger partial charge in [-0.25, -0.2) is 13.8 Å². The first-order valence-electron chi connectivity index (χ1n) is 9.57. The average Bonchev–Trinajstić information content (AvgIpc) is 2.99. The third kappa shape index (κ3) is 5.67. The molecular formula is C22H22Br2N4O3S. The Bertz CT molecular complexity index is 1290. The van der Waals surface area contributed by atoms with Gasteiger partial charge < -0.3 is 4.57 Å². The van der Waals surface area contributed by atoms with E-state index in [1.54, 1.807) is 30.5 Å². The summed E-state index contributed by atoms with van der Waals surface area (Å²) < 4.78 is 29.1. The summed E-state index contributed by atoms with van der Waals surface area (Å²) in [6.45, 7) is 3.57. The maximum Gasteiger partial charge on any atom is 0.260 e. The molecule has 1 aromatic heterocycles. The molecule has 32 heavy (non-hydrogen) atoms. The Kier molecular flexibility index (Phi) is 7.58. The zero-order valence-corrected chi connectivity index (χ0v) is 21.7. The van der Waals surface area contributed by atoms with Crippen LogP contribution < -0.4 is 9.73 Å². The largest absolute Gasteiger partial charge is 0.318 e. The van der Waals surface area contributed by atoms with Gasteiger partial charge in [-0.15, -0.1) is 0 Å². The van der Waals surface area contributed by atoms with Crippen molar-refractivity contribution in [3.05, 3.63) is 80.5 Å². The van der Waals surface area contributed by atoms with Crippen molar-refractivity contribution < 1.29 is 13.2 Å². The molecule has 10 heteroatoms. The molecule has 3 rings (SSSR count). The number of para-hydroxylation sites is 1. The monoisotopic (exact) mass is 580 g/mol. The number of hydrazone groups is 1. The van der Waals surface area contributed by atoms with Crippen molar-refractivity contribution >= 4 is 59.7 Å². The fourth-order valence-electron chi connectivity index (χ4n) is 3.31. The maximum atomic E-state index is 12.4. The first kappa shape index (κ1) is 24.2. The van der Waals surface area contributed by atoms with E-state index in [9.17, 15) is 13.2 Å². The van der Waals surface area contributed by atoms with E-state index in [1.807, 2.05) is 44.2 Å². The van der Waals surface area contributed by atoms with Gasteiger partial charge in [0.25, 0.3) is 5.91 Å². The van der Waals surface area contributed by atoms with Crippen molar-refractivity contribution in [1.29, 1.82) is 0 Å². The normalized spacial score (nSPS) is 11.7. The summed E-state index contributed by atoms with van der Waals surface area (Å²) in [6, 6.07) is 16.7. The molecule has 0 aliphatic carbocycles. The van der Waals surface area contributed by atoms with Crippen LogP contribution in [0.25, 0.3) is 5.69 Å². The van der Waals surface area contributed by atoms with Crippen molar-refractivity contribution in [2.45, 2.75) is 13.8 Å². The van der Waals surface area contributed by atoms with Crippen LogP contribution >= 0.6 is 31.9 Å². The summed E-state index contributed by atoms with van der Waals surface area (Å²) in [6.07, 6.45) is 2.61. The number of sulfonamides is 1. The van der Waals surface area contributed by atoms with Crippen LogP contribution in [0.5, 0.6) is 0 Å². The molecule has 168 valence electrons. The molecule has 3 aromatic rings. The highest BCUT2D eigenvalue weighted by molar-refractivity contribution is 9.10. The third-order valence-corrected chi connectivity index (χ3v) is 7.03. The van der Waals surface area contributed by atoms with E-state index in [0.717, 1.165) is 37.7 Å². The van der Waals surface area contributed by atoms with Crippen LogP contribution in [-0.4, -0.2) is 37.9 Å². The van der Waals surface area contributed by atoms with Crippen molar-refractivity contribution in [3.8, 4) is 5.69 Å². The number of aryl methyl sites for hydroxylation is 1. The predicted octanol–water partition coefficient (Wildman–Crippen LogP) is 4.54. The Morgan fingerprint density at radius 1 is 1.12 bits per heavy atom. The minimum absolute atomic E-state index is 0.381. The zero-order valence-electron chi connectivity index (χ0n) is 17.7. The second kappa shape index (κ2) is 10.0. The fraction of sp³-hybridized carbons (Fsp3) is 0.182. The van der Waals surface area contributed by atoms with Crippen molar-refractivity contribution in [2.75, 3.05) is 17.1 Å². The van der Waals surface area contributed by atoms with Crippen LogP contribution in [0.1, 0.15) is 17.0 Å². The Morgan fingerprint density at radius 2 is 1.84 bits per heavy atom. The Morgan fingerprint density at radius 3 is 2.50 bits per heavy atom. The Labute approximate surface area is 204 Å². The number of rotatable bonds is 7. The summed E-state index contributed by atoms with van der Waals surface area (Å²) >= 11 is 6.82. The third-order valence-electron chi connectivity index (χ3n) is 4.74. The van der Waals surface area contributed by atoms with Crippen LogP contribution in [0.2, 0.25) is 0 Å². The number of nitrogens with one attached hydrogen (secondary N) is 1. The van der Waals surface area contributed by atoms with Crippen molar-refractivity contribution in [1.82, 2.24) is 9.99 Å². The zero-order chi connectivity index (χ0) is 23.5. The van der Waals surface area contributed by atoms with E-state index in [1.165, 1.54) is 0 Å². The molecular weight excluding hydrogens is 560 g/mol. The van der Waals surface area contributed by atoms with Crippen LogP contribution in [0.4, 0.5) is 5.69 Å². The molecule has 0 bridgehead atoms. The summed E-state index contributed by atoms with van der Waals surface area (Å²) in [4.78, 5) is 12.4. The molecule has 2 aromatic carbocycles. The lowest BCUT2D eigenvalue weighted by molar-refractivity contribution is -0.119. The summed E-state index contributed by atoms with van der Waals surface area (Å²) in [5.41, 5.74) is 6.63. The summed E-state index contributed by atoms with van der Waals surface area (Å²) in [5.74, 6) is -0.553. The number of hydrogen-bond acceptors (Lipinski definition) is 4. The summed E-state index contributed by atoms with van der Waals surface area (Å²) in [5, 5.41) is 4.04. The SMILES string of the molecule is Cc1cc(/C=N/NC(=O)CN(c2ccccc2Br)S(C)(=O)=O)c(C)n1-c1cccc(Br)c1. The molecule has 0 fully saturated rings. The molecule has 0 spiro atoms. The number of aromatic nitrogens is 1. The minimum atomic E-state index is -3.67. The molecule has 0 aliphatic rings. The van der Waals surface area contributed by atoms with Crippen LogP contribution in [0.15, 0.2) is 68.6 Å². The quantitative estimate of drug-likeness (QED) is 0.328. The average molecular weight is 582 g/mol. The van der Waals surface area contributed by atoms with Crippen molar-refractivity contribution in [3.63, 3.8) is 0 Å². The second-order valence-electron chi connectivity index (χ2n) is 7.16. The lowest BCUT2D eigenvalue weighted by Crippen LogP contribution is -2.39. The number of benzene rings is 2. The molecule has 0 unspecified atom stereocenters. The molecule has 0 saturated heterocycles. The van der Waals surface area contributed by atoms with E-state index >= 15 is 0 Å². The number of carbonyl (C=O) groups excluding carboxylic acids is 1. The molecule has 7 nitrogen and oxygen atoms in total. The van der Waals surface area contributed by atoms with Gasteiger partial charge in [0, 0.05) is 31.6 Å². The van der Waals surface area contributed by atoms with Gasteiger partial charge in [-0.1, -0.05) is 34.1 Å². The van der Waals surface area contributed by atoms with E-state index in [4.69, 9.17) is 0 Å². The molecule has 1 N–H and O–H groups in total. The van der Waals surface area contributed by atoms with Gasteiger partial charge in [-0.2, -0.15) is 5.10 Å². The van der Waals surface area contributed by atoms with Gasteiger partial charge >= 0.3 is 0 Å². The number of nitrogens with zero attached hydrogens (tertiary/aromatic N) is 3. The van der Waals surface area contributed by atoms with Crippen LogP contribution in [0.3, 0.4) is 0 Å². The highest BCUT2D eigenvalue weighted by Crippen LogP contribution is 2.27. The predicted molar refractivity (Wildman–Crippen MR) is 135 cm³/mol. The highest BCUT2D eigenvalue weighted by Gasteiger charge is 2.22. The molecule has 1 heterocycles. The van der Waals surface area contributed by atoms with Gasteiger partial charge in [0.15, 0.2) is 0 Å². The number of carbonyl (C=O) groups is 1. The lowest BCUT2D eigenvalue weighted by Gasteiger charge is -2.22. The van der Waals surface area contributed by atoms with Gasteiger partial charge in [0.05, 0.1) is 18.2 Å². The van der Waals surface area contributed by atoms with E-state index < -0.39 is 22.5 Å². The molecule has 0 atom stereocenters. The molecule has 1 amide bonds. The first-order valence-corrected chi connectivity index (χ1v) is 13.0. The standard InChI is InChI=1S/C22H22Br2N4O3S/c1-15-11-17(16(2)28(15)19-8-6-7-18(23)12-19)13-25-26-22(29)14-27(32(3,30)31)21-10-5-4-9-20(21)24/h4-13H,14H2,1-3H3,(H,26,29)/b25-13+. The van der Waals surface area contributed by atoms with Gasteiger partial charge in [0.2, 0.25) is 10.0 Å². The van der Waals surface area contributed by atoms with Crippen LogP contribution in [0, 0.1) is 13.8 Å². The number of hydrogen-bond donors (Lipinski definition) is 1. The first-order chi connectivity index (χ1) is 15.1. The fourth-order valence-corrected chi connectivity index (χ4v) is 5.18. The summed E-state index contributed by atoms with van der Waals surface area (Å²) in [7, 11) is -3.67. The van der Waals surface area contributed by atoms with E-state index in [-0.39, 0.29) is 0 Å². The smallest absolute Gasteiger partial charge is 0.260 e. The van der Waals surface area contributed by atoms with E-state index in [2.05, 4.69) is 47.0 Å². The van der Waals surface area contributed by atoms with E-state index in [0.29, 0.717) is 10.2 Å². The Hall–Kier alpha value is -2.43. The van der Waals surface area contributed by atoms with Crippen LogP contribution in [-0.2, 0) is 14.8 Å². The second-order valence-corrected chi connectivity index (χ2v) is 10.8. The Balaban J connectivity index is 1.75. The highest BCUT2D eigenvalue weighted by atomic mass is 79.9. The topological polar surface area (TPSA) is 83.8 Å². The lowest BCUT2D eigenvalue weighted by atomic mass is 10.2. The maximum absolute atomic E-state index is 12.4. The molecule has 0 radical (unpaired) electrons. The van der Waals surface area contributed by atoms with Gasteiger partial charge in [-0.05, 0) is 66.2 Å². The minimum Gasteiger partial charge on any atom is -0.318 e. The molecule has 0 aliphatic heterocycles. The van der Waals surface area contributed by atoms with Gasteiger partial charge in [0.1, 0.15) is 6.54 Å². The van der Waals surface area contributed by atoms with Gasteiger partial charge in [-0.3, -0.25) is 9.10 Å². The van der Waals surface area contributed by atoms with Crippen molar-refractivity contribution in [2.24, 2.45) is 5.10 Å². The number of anilines is 1. The number of amides is 1. The molecule has 0 saturated carbocycles. The number of halogens is 2.